The van der Waals surface area contributed by atoms with Gasteiger partial charge in [-0.15, -0.1) is 0 Å². The molecule has 1 aromatic rings. The lowest BCUT2D eigenvalue weighted by molar-refractivity contribution is 0.0890. The maximum atomic E-state index is 12.8. The van der Waals surface area contributed by atoms with E-state index in [0.717, 1.165) is 6.92 Å². The van der Waals surface area contributed by atoms with E-state index >= 15 is 0 Å². The van der Waals surface area contributed by atoms with E-state index in [4.69, 9.17) is 24.6 Å². The number of carbonyl (C=O) groups is 1. The van der Waals surface area contributed by atoms with E-state index in [1.165, 1.54) is 12.1 Å². The maximum absolute atomic E-state index is 12.8. The van der Waals surface area contributed by atoms with Gasteiger partial charge in [0, 0.05) is 6.07 Å². The van der Waals surface area contributed by atoms with E-state index in [0.29, 0.717) is 0 Å². The van der Waals surface area contributed by atoms with Crippen LogP contribution in [0.3, 0.4) is 0 Å². The average molecular weight is 238 g/mol. The van der Waals surface area contributed by atoms with Crippen molar-refractivity contribution in [2.45, 2.75) is 13.1 Å². The molecule has 0 bridgehead atoms. The Morgan fingerprint density at radius 3 is 2.64 bits per heavy atom. The zero-order valence-electron chi connectivity index (χ0n) is 8.18. The molecular weight excluding hydrogens is 230 g/mol. The fraction of sp³-hybridized carbons (Fsp3) is 0.222. The predicted molar refractivity (Wildman–Crippen MR) is 53.0 cm³/mol. The first kappa shape index (κ1) is 9.74. The number of hydrogen-bond donors (Lipinski definition) is 1. The Balaban J connectivity index is 3.27. The number of carbonyl (C=O) groups excluding carboxylic acids is 1. The van der Waals surface area contributed by atoms with Gasteiger partial charge in [0.05, 0.1) is 15.6 Å². The number of rotatable bonds is 3. The summed E-state index contributed by atoms with van der Waals surface area (Å²) in [6, 6.07) is 2.39. The number of Topliss-reactive ketones (excluding diaryl/α,β-unsaturated/α-hetero) is 1. The zero-order chi connectivity index (χ0) is 11.6. The Labute approximate surface area is 91.7 Å². The van der Waals surface area contributed by atoms with E-state index in [1.54, 1.807) is 0 Å². The van der Waals surface area contributed by atoms with Gasteiger partial charge >= 0.3 is 0 Å². The molecule has 0 aromatic heterocycles. The predicted octanol–water partition coefficient (Wildman–Crippen LogP) is 3.24. The van der Waals surface area contributed by atoms with E-state index in [-0.39, 0.29) is 21.4 Å². The minimum atomic E-state index is -1.68. The summed E-state index contributed by atoms with van der Waals surface area (Å²) in [6.07, 6.45) is -1.68. The fourth-order valence-corrected chi connectivity index (χ4v) is 1.25. The van der Waals surface area contributed by atoms with Crippen molar-refractivity contribution in [3.8, 4) is 5.75 Å². The molecule has 5 heteroatoms. The molecule has 0 radical (unpaired) electrons. The molecule has 0 saturated carbocycles. The summed E-state index contributed by atoms with van der Waals surface area (Å²) in [5.41, 5.74) is -0.0885. The van der Waals surface area contributed by atoms with Crippen LogP contribution in [0.2, 0.25) is 10.0 Å². The number of benzene rings is 1. The number of ketones is 1. The van der Waals surface area contributed by atoms with Crippen molar-refractivity contribution in [2.24, 2.45) is 0 Å². The van der Waals surface area contributed by atoms with Crippen LogP contribution in [-0.4, -0.2) is 18.5 Å². The molecular formula is C9H7Cl2FO2. The van der Waals surface area contributed by atoms with Crippen molar-refractivity contribution in [1.82, 2.24) is 0 Å². The molecule has 1 N–H and O–H groups in total. The first-order valence-corrected chi connectivity index (χ1v) is 4.53. The molecule has 14 heavy (non-hydrogen) atoms. The SMILES string of the molecule is [2H]Oc1cc(Cl)c(Cl)cc1C(=O)C(C)F. The molecule has 1 aromatic carbocycles. The minimum Gasteiger partial charge on any atom is -0.507 e. The topological polar surface area (TPSA) is 37.3 Å². The number of hydrogen-bond acceptors (Lipinski definition) is 2. The van der Waals surface area contributed by atoms with Crippen LogP contribution in [0.1, 0.15) is 17.3 Å². The summed E-state index contributed by atoms with van der Waals surface area (Å²) >= 11 is 11.3. The molecule has 1 atom stereocenters. The third-order valence-electron chi connectivity index (χ3n) is 1.65. The van der Waals surface area contributed by atoms with Gasteiger partial charge in [-0.25, -0.2) is 4.39 Å². The van der Waals surface area contributed by atoms with Gasteiger partial charge in [-0.3, -0.25) is 4.79 Å². The number of aromatic hydroxyl groups is 1. The molecule has 1 unspecified atom stereocenters. The Kier molecular flexibility index (Phi) is 2.89. The fourth-order valence-electron chi connectivity index (χ4n) is 0.935. The first-order chi connectivity index (χ1) is 6.97. The van der Waals surface area contributed by atoms with Crippen molar-refractivity contribution in [3.05, 3.63) is 27.7 Å². The van der Waals surface area contributed by atoms with Gasteiger partial charge in [-0.05, 0) is 13.0 Å². The van der Waals surface area contributed by atoms with Crippen molar-refractivity contribution < 1.29 is 14.3 Å². The van der Waals surface area contributed by atoms with E-state index in [2.05, 4.69) is 5.11 Å². The molecule has 2 nitrogen and oxygen atoms in total. The third kappa shape index (κ3) is 2.16. The van der Waals surface area contributed by atoms with Crippen LogP contribution < -0.4 is 0 Å². The van der Waals surface area contributed by atoms with Crippen molar-refractivity contribution in [1.29, 1.82) is 1.43 Å². The highest BCUT2D eigenvalue weighted by molar-refractivity contribution is 6.42. The van der Waals surface area contributed by atoms with Gasteiger partial charge < -0.3 is 5.11 Å². The van der Waals surface area contributed by atoms with Crippen molar-refractivity contribution in [2.75, 3.05) is 0 Å². The number of alkyl halides is 1. The molecule has 0 aliphatic carbocycles. The smallest absolute Gasteiger partial charge is 0.293 e. The molecule has 0 heterocycles. The lowest BCUT2D eigenvalue weighted by Gasteiger charge is -2.06. The van der Waals surface area contributed by atoms with Gasteiger partial charge in [-0.1, -0.05) is 23.2 Å². The molecule has 76 valence electrons. The molecule has 0 aliphatic rings. The van der Waals surface area contributed by atoms with Crippen LogP contribution in [0.25, 0.3) is 0 Å². The molecule has 0 aliphatic heterocycles. The summed E-state index contributed by atoms with van der Waals surface area (Å²) in [7, 11) is 0. The highest BCUT2D eigenvalue weighted by atomic mass is 35.5. The monoisotopic (exact) mass is 237 g/mol. The van der Waals surface area contributed by atoms with Crippen LogP contribution in [0.5, 0.6) is 5.75 Å². The molecule has 0 fully saturated rings. The third-order valence-corrected chi connectivity index (χ3v) is 2.37. The van der Waals surface area contributed by atoms with Crippen molar-refractivity contribution >= 4 is 29.0 Å². The average Bonchev–Trinajstić information content (AvgIpc) is 2.20. The summed E-state index contributed by atoms with van der Waals surface area (Å²) < 4.78 is 19.5. The Morgan fingerprint density at radius 1 is 1.57 bits per heavy atom. The second kappa shape index (κ2) is 4.15. The van der Waals surface area contributed by atoms with Crippen LogP contribution >= 0.6 is 23.2 Å². The van der Waals surface area contributed by atoms with E-state index < -0.39 is 12.0 Å². The Bertz CT molecular complexity index is 396. The van der Waals surface area contributed by atoms with E-state index in [1.807, 2.05) is 0 Å². The first-order valence-electron chi connectivity index (χ1n) is 4.18. The lowest BCUT2D eigenvalue weighted by atomic mass is 10.1. The molecule has 1 rings (SSSR count). The van der Waals surface area contributed by atoms with Gasteiger partial charge in [0.15, 0.2) is 12.0 Å². The lowest BCUT2D eigenvalue weighted by Crippen LogP contribution is -2.11. The second-order valence-corrected chi connectivity index (χ2v) is 3.56. The minimum absolute atomic E-state index is 0.0885. The highest BCUT2D eigenvalue weighted by Crippen LogP contribution is 2.30. The standard InChI is InChI=1S/C9H7Cl2FO2/c1-4(12)9(14)5-2-6(10)7(11)3-8(5)13/h2-4,13H,1H3/i/hD. The highest BCUT2D eigenvalue weighted by Gasteiger charge is 2.19. The quantitative estimate of drug-likeness (QED) is 0.820. The summed E-state index contributed by atoms with van der Waals surface area (Å²) in [5, 5.41) is 4.43. The maximum Gasteiger partial charge on any atom is 0.293 e. The van der Waals surface area contributed by atoms with Crippen LogP contribution in [0, 0.1) is 0 Å². The summed E-state index contributed by atoms with van der Waals surface area (Å²) in [4.78, 5) is 11.3. The molecule has 0 amide bonds. The van der Waals surface area contributed by atoms with Crippen LogP contribution in [-0.2, 0) is 0 Å². The van der Waals surface area contributed by atoms with Gasteiger partial charge in [0.1, 0.15) is 5.75 Å². The number of phenolic OH excluding ortho intramolecular Hbond substituents is 1. The normalized spacial score (nSPS) is 13.3. The summed E-state index contributed by atoms with van der Waals surface area (Å²) in [5.74, 6) is -0.908. The van der Waals surface area contributed by atoms with Crippen molar-refractivity contribution in [3.63, 3.8) is 0 Å². The Morgan fingerprint density at radius 2 is 2.14 bits per heavy atom. The number of phenols is 1. The number of halogens is 3. The van der Waals surface area contributed by atoms with Crippen LogP contribution in [0.15, 0.2) is 12.1 Å². The molecule has 0 saturated heterocycles. The van der Waals surface area contributed by atoms with Gasteiger partial charge in [0.2, 0.25) is 0 Å². The largest absolute Gasteiger partial charge is 0.507 e. The summed E-state index contributed by atoms with van der Waals surface area (Å²) in [6.45, 7) is 1.10. The van der Waals surface area contributed by atoms with Crippen LogP contribution in [0.4, 0.5) is 4.39 Å². The van der Waals surface area contributed by atoms with Gasteiger partial charge in [-0.2, -0.15) is 0 Å². The van der Waals surface area contributed by atoms with E-state index in [9.17, 15) is 9.18 Å². The zero-order valence-corrected chi connectivity index (χ0v) is 8.69. The second-order valence-electron chi connectivity index (χ2n) is 2.74. The molecule has 0 spiro atoms. The Hall–Kier alpha value is -0.800. The van der Waals surface area contributed by atoms with Gasteiger partial charge in [0.25, 0.3) is 1.43 Å².